The first-order valence-corrected chi connectivity index (χ1v) is 8.90. The number of aryl methyl sites for hydroxylation is 2. The maximum absolute atomic E-state index is 12.6. The Balaban J connectivity index is 1.70. The maximum Gasteiger partial charge on any atom is 0.322 e. The van der Waals surface area contributed by atoms with Gasteiger partial charge in [0.1, 0.15) is 0 Å². The predicted molar refractivity (Wildman–Crippen MR) is 98.1 cm³/mol. The molecule has 2 aromatic rings. The van der Waals surface area contributed by atoms with Crippen molar-refractivity contribution >= 4 is 11.7 Å². The third-order valence-corrected chi connectivity index (χ3v) is 4.41. The van der Waals surface area contributed by atoms with Gasteiger partial charge in [-0.25, -0.2) is 9.48 Å². The summed E-state index contributed by atoms with van der Waals surface area (Å²) in [5, 5.41) is 16.4. The number of rotatable bonds is 7. The highest BCUT2D eigenvalue weighted by Gasteiger charge is 2.32. The van der Waals surface area contributed by atoms with Gasteiger partial charge in [-0.1, -0.05) is 6.07 Å². The molecular formula is C19H26N4O2. The largest absolute Gasteiger partial charge is 0.396 e. The molecule has 6 nitrogen and oxygen atoms in total. The lowest BCUT2D eigenvalue weighted by Crippen LogP contribution is -2.37. The van der Waals surface area contributed by atoms with Gasteiger partial charge in [0, 0.05) is 30.6 Å². The van der Waals surface area contributed by atoms with Crippen LogP contribution in [0.3, 0.4) is 0 Å². The lowest BCUT2D eigenvalue weighted by Gasteiger charge is -2.23. The zero-order chi connectivity index (χ0) is 17.8. The number of nitrogens with one attached hydrogen (secondary N) is 1. The Morgan fingerprint density at radius 3 is 2.76 bits per heavy atom. The van der Waals surface area contributed by atoms with E-state index in [2.05, 4.69) is 10.4 Å². The number of nitrogens with zero attached hydrogens (tertiary/aromatic N) is 3. The average Bonchev–Trinajstić information content (AvgIpc) is 3.36. The van der Waals surface area contributed by atoms with Crippen molar-refractivity contribution in [1.29, 1.82) is 0 Å². The van der Waals surface area contributed by atoms with E-state index < -0.39 is 0 Å². The highest BCUT2D eigenvalue weighted by Crippen LogP contribution is 2.28. The van der Waals surface area contributed by atoms with Crippen LogP contribution in [0, 0.1) is 13.8 Å². The van der Waals surface area contributed by atoms with Gasteiger partial charge in [-0.2, -0.15) is 5.10 Å². The number of aliphatic hydroxyl groups excluding tert-OH is 1. The Morgan fingerprint density at radius 1 is 1.32 bits per heavy atom. The van der Waals surface area contributed by atoms with Crippen LogP contribution in [0.15, 0.2) is 30.3 Å². The number of benzene rings is 1. The van der Waals surface area contributed by atoms with Crippen molar-refractivity contribution in [1.82, 2.24) is 14.7 Å². The summed E-state index contributed by atoms with van der Waals surface area (Å²) in [5.41, 5.74) is 3.73. The van der Waals surface area contributed by atoms with Crippen LogP contribution in [0.2, 0.25) is 0 Å². The summed E-state index contributed by atoms with van der Waals surface area (Å²) in [5.74, 6) is 0. The third-order valence-electron chi connectivity index (χ3n) is 4.41. The second-order valence-electron chi connectivity index (χ2n) is 6.67. The van der Waals surface area contributed by atoms with Gasteiger partial charge in [-0.3, -0.25) is 0 Å². The van der Waals surface area contributed by atoms with Crippen molar-refractivity contribution < 1.29 is 9.90 Å². The molecule has 2 amide bonds. The minimum Gasteiger partial charge on any atom is -0.396 e. The van der Waals surface area contributed by atoms with E-state index in [4.69, 9.17) is 5.11 Å². The molecule has 1 aromatic carbocycles. The van der Waals surface area contributed by atoms with Gasteiger partial charge in [0.05, 0.1) is 11.4 Å². The normalized spacial score (nSPS) is 13.7. The zero-order valence-electron chi connectivity index (χ0n) is 14.9. The SMILES string of the molecule is Cc1cc(C)n(-c2cccc(NC(=O)N(CCCCO)C3CC3)c2)n1. The lowest BCUT2D eigenvalue weighted by atomic mass is 10.2. The van der Waals surface area contributed by atoms with Gasteiger partial charge in [-0.05, 0) is 63.8 Å². The summed E-state index contributed by atoms with van der Waals surface area (Å²) in [6.45, 7) is 4.84. The van der Waals surface area contributed by atoms with E-state index in [1.807, 2.05) is 53.8 Å². The molecule has 1 heterocycles. The second-order valence-corrected chi connectivity index (χ2v) is 6.67. The van der Waals surface area contributed by atoms with Crippen LogP contribution in [-0.2, 0) is 0 Å². The summed E-state index contributed by atoms with van der Waals surface area (Å²) < 4.78 is 1.88. The number of carbonyl (C=O) groups is 1. The molecule has 0 radical (unpaired) electrons. The summed E-state index contributed by atoms with van der Waals surface area (Å²) in [6, 6.07) is 10.1. The fourth-order valence-electron chi connectivity index (χ4n) is 3.03. The van der Waals surface area contributed by atoms with Gasteiger partial charge in [0.25, 0.3) is 0 Å². The number of anilines is 1. The first-order valence-electron chi connectivity index (χ1n) is 8.90. The molecule has 1 aliphatic rings. The topological polar surface area (TPSA) is 70.4 Å². The highest BCUT2D eigenvalue weighted by atomic mass is 16.3. The highest BCUT2D eigenvalue weighted by molar-refractivity contribution is 5.90. The first kappa shape index (κ1) is 17.5. The Morgan fingerprint density at radius 2 is 2.12 bits per heavy atom. The number of hydrogen-bond donors (Lipinski definition) is 2. The van der Waals surface area contributed by atoms with Crippen molar-refractivity contribution in [3.8, 4) is 5.69 Å². The quantitative estimate of drug-likeness (QED) is 0.759. The molecule has 1 fully saturated rings. The molecule has 0 unspecified atom stereocenters. The van der Waals surface area contributed by atoms with Crippen molar-refractivity contribution in [2.45, 2.75) is 45.6 Å². The van der Waals surface area contributed by atoms with Gasteiger partial charge in [0.15, 0.2) is 0 Å². The minimum atomic E-state index is -0.0639. The van der Waals surface area contributed by atoms with E-state index in [0.717, 1.165) is 48.4 Å². The van der Waals surface area contributed by atoms with Gasteiger partial charge in [0.2, 0.25) is 0 Å². The summed E-state index contributed by atoms with van der Waals surface area (Å²) in [7, 11) is 0. The molecule has 0 saturated heterocycles. The molecule has 0 aliphatic heterocycles. The van der Waals surface area contributed by atoms with E-state index in [1.165, 1.54) is 0 Å². The number of aromatic nitrogens is 2. The van der Waals surface area contributed by atoms with Crippen LogP contribution in [0.1, 0.15) is 37.1 Å². The van der Waals surface area contributed by atoms with E-state index >= 15 is 0 Å². The number of aliphatic hydroxyl groups is 1. The van der Waals surface area contributed by atoms with Crippen LogP contribution in [0.5, 0.6) is 0 Å². The molecule has 1 saturated carbocycles. The lowest BCUT2D eigenvalue weighted by molar-refractivity contribution is 0.204. The molecule has 0 atom stereocenters. The molecule has 6 heteroatoms. The molecule has 134 valence electrons. The van der Waals surface area contributed by atoms with Gasteiger partial charge in [-0.15, -0.1) is 0 Å². The van der Waals surface area contributed by atoms with Crippen LogP contribution in [0.25, 0.3) is 5.69 Å². The average molecular weight is 342 g/mol. The number of carbonyl (C=O) groups excluding carboxylic acids is 1. The van der Waals surface area contributed by atoms with Crippen molar-refractivity contribution in [2.24, 2.45) is 0 Å². The van der Waals surface area contributed by atoms with Crippen LogP contribution in [0.4, 0.5) is 10.5 Å². The molecule has 0 spiro atoms. The van der Waals surface area contributed by atoms with Crippen LogP contribution in [-0.4, -0.2) is 45.0 Å². The third kappa shape index (κ3) is 4.39. The van der Waals surface area contributed by atoms with E-state index in [9.17, 15) is 4.79 Å². The predicted octanol–water partition coefficient (Wildman–Crippen LogP) is 3.26. The fourth-order valence-corrected chi connectivity index (χ4v) is 3.03. The number of unbranched alkanes of at least 4 members (excludes halogenated alkanes) is 1. The van der Waals surface area contributed by atoms with Crippen molar-refractivity contribution in [2.75, 3.05) is 18.5 Å². The molecule has 0 bridgehead atoms. The molecule has 25 heavy (non-hydrogen) atoms. The number of amides is 2. The number of urea groups is 1. The Labute approximate surface area is 148 Å². The van der Waals surface area contributed by atoms with E-state index in [1.54, 1.807) is 0 Å². The van der Waals surface area contributed by atoms with Crippen LogP contribution >= 0.6 is 0 Å². The van der Waals surface area contributed by atoms with Gasteiger partial charge < -0.3 is 15.3 Å². The molecule has 1 aliphatic carbocycles. The molecule has 2 N–H and O–H groups in total. The van der Waals surface area contributed by atoms with E-state index in [0.29, 0.717) is 12.6 Å². The maximum atomic E-state index is 12.6. The number of hydrogen-bond acceptors (Lipinski definition) is 3. The molecule has 1 aromatic heterocycles. The van der Waals surface area contributed by atoms with E-state index in [-0.39, 0.29) is 12.6 Å². The Bertz CT molecular complexity index is 737. The molecule has 3 rings (SSSR count). The Hall–Kier alpha value is -2.34. The molecular weight excluding hydrogens is 316 g/mol. The smallest absolute Gasteiger partial charge is 0.322 e. The second kappa shape index (κ2) is 7.70. The van der Waals surface area contributed by atoms with Gasteiger partial charge >= 0.3 is 6.03 Å². The summed E-state index contributed by atoms with van der Waals surface area (Å²) in [4.78, 5) is 14.5. The van der Waals surface area contributed by atoms with Crippen molar-refractivity contribution in [3.05, 3.63) is 41.7 Å². The van der Waals surface area contributed by atoms with Crippen molar-refractivity contribution in [3.63, 3.8) is 0 Å². The Kier molecular flexibility index (Phi) is 5.38. The minimum absolute atomic E-state index is 0.0639. The van der Waals surface area contributed by atoms with Crippen LogP contribution < -0.4 is 5.32 Å². The zero-order valence-corrected chi connectivity index (χ0v) is 14.9. The fraction of sp³-hybridized carbons (Fsp3) is 0.474. The first-order chi connectivity index (χ1) is 12.1. The summed E-state index contributed by atoms with van der Waals surface area (Å²) >= 11 is 0. The standard InChI is InChI=1S/C19H26N4O2/c1-14-12-15(2)23(21-14)18-7-5-6-16(13-18)20-19(25)22(17-8-9-17)10-3-4-11-24/h5-7,12-13,17,24H,3-4,8-11H2,1-2H3,(H,20,25). The summed E-state index contributed by atoms with van der Waals surface area (Å²) in [6.07, 6.45) is 3.69. The monoisotopic (exact) mass is 342 g/mol.